The van der Waals surface area contributed by atoms with E-state index in [1.165, 1.54) is 0 Å². The quantitative estimate of drug-likeness (QED) is 0.690. The van der Waals surface area contributed by atoms with E-state index >= 15 is 0 Å². The van der Waals surface area contributed by atoms with E-state index in [0.29, 0.717) is 0 Å². The molecule has 0 bridgehead atoms. The molecule has 0 saturated carbocycles. The third-order valence-corrected chi connectivity index (χ3v) is 1.66. The summed E-state index contributed by atoms with van der Waals surface area (Å²) in [4.78, 5) is 10.7. The molecule has 0 aromatic heterocycles. The van der Waals surface area contributed by atoms with Gasteiger partial charge in [0.15, 0.2) is 11.6 Å². The summed E-state index contributed by atoms with van der Waals surface area (Å²) in [6.45, 7) is 0. The van der Waals surface area contributed by atoms with Crippen molar-refractivity contribution < 1.29 is 22.7 Å². The normalized spacial score (nSPS) is 12.3. The maximum Gasteiger partial charge on any atom is 0.345 e. The molecule has 0 aliphatic rings. The number of carbonyl (C=O) groups excluding carboxylic acids is 1. The molecule has 0 aliphatic carbocycles. The molecule has 0 heterocycles. The van der Waals surface area contributed by atoms with E-state index in [1.54, 1.807) is 0 Å². The maximum absolute atomic E-state index is 13.1. The highest BCUT2D eigenvalue weighted by Crippen LogP contribution is 2.23. The van der Waals surface area contributed by atoms with E-state index in [2.05, 4.69) is 4.74 Å². The third-order valence-electron chi connectivity index (χ3n) is 1.66. The van der Waals surface area contributed by atoms with Crippen LogP contribution in [0.4, 0.5) is 13.2 Å². The largest absolute Gasteiger partial charge is 0.467 e. The number of esters is 1. The average Bonchev–Trinajstić information content (AvgIpc) is 2.20. The highest BCUT2D eigenvalue weighted by molar-refractivity contribution is 5.76. The average molecular weight is 204 g/mol. The van der Waals surface area contributed by atoms with Crippen molar-refractivity contribution in [2.75, 3.05) is 7.11 Å². The predicted molar refractivity (Wildman–Crippen MR) is 42.2 cm³/mol. The number of methoxy groups -OCH3 is 1. The van der Waals surface area contributed by atoms with Crippen LogP contribution in [0.2, 0.25) is 0 Å². The molecule has 1 atom stereocenters. The molecule has 0 radical (unpaired) electrons. The molecular formula is C9H7F3O2. The van der Waals surface area contributed by atoms with E-state index in [0.717, 1.165) is 25.3 Å². The van der Waals surface area contributed by atoms with Crippen LogP contribution in [0, 0.1) is 11.6 Å². The molecule has 5 heteroatoms. The first-order chi connectivity index (χ1) is 6.57. The molecule has 1 rings (SSSR count). The van der Waals surface area contributed by atoms with Crippen LogP contribution in [0.15, 0.2) is 18.2 Å². The summed E-state index contributed by atoms with van der Waals surface area (Å²) in [5.41, 5.74) is -0.656. The van der Waals surface area contributed by atoms with Gasteiger partial charge in [-0.05, 0) is 6.07 Å². The first-order valence-corrected chi connectivity index (χ1v) is 3.73. The van der Waals surface area contributed by atoms with E-state index in [-0.39, 0.29) is 0 Å². The zero-order valence-corrected chi connectivity index (χ0v) is 7.26. The minimum absolute atomic E-state index is 0.656. The smallest absolute Gasteiger partial charge is 0.345 e. The molecule has 0 fully saturated rings. The van der Waals surface area contributed by atoms with Crippen molar-refractivity contribution in [3.63, 3.8) is 0 Å². The molecule has 14 heavy (non-hydrogen) atoms. The molecule has 1 aromatic rings. The number of rotatable bonds is 2. The lowest BCUT2D eigenvalue weighted by Crippen LogP contribution is -2.11. The first kappa shape index (κ1) is 10.6. The van der Waals surface area contributed by atoms with Crippen molar-refractivity contribution in [3.05, 3.63) is 35.4 Å². The molecule has 0 saturated heterocycles. The number of carbonyl (C=O) groups is 1. The zero-order chi connectivity index (χ0) is 10.7. The Morgan fingerprint density at radius 1 is 1.43 bits per heavy atom. The summed E-state index contributed by atoms with van der Waals surface area (Å²) in [5, 5.41) is 0. The maximum atomic E-state index is 13.1. The van der Waals surface area contributed by atoms with Crippen molar-refractivity contribution in [1.82, 2.24) is 0 Å². The topological polar surface area (TPSA) is 26.3 Å². The van der Waals surface area contributed by atoms with Gasteiger partial charge in [0.1, 0.15) is 0 Å². The van der Waals surface area contributed by atoms with Crippen LogP contribution in [-0.2, 0) is 9.53 Å². The Bertz CT molecular complexity index is 352. The van der Waals surface area contributed by atoms with Gasteiger partial charge >= 0.3 is 5.97 Å². The van der Waals surface area contributed by atoms with Gasteiger partial charge in [-0.3, -0.25) is 0 Å². The van der Waals surface area contributed by atoms with Gasteiger partial charge in [0.2, 0.25) is 6.17 Å². The van der Waals surface area contributed by atoms with Gasteiger partial charge in [0.25, 0.3) is 0 Å². The minimum atomic E-state index is -2.30. The SMILES string of the molecule is COC(=O)C(F)c1cccc(F)c1F. The molecular weight excluding hydrogens is 197 g/mol. The van der Waals surface area contributed by atoms with Crippen LogP contribution < -0.4 is 0 Å². The monoisotopic (exact) mass is 204 g/mol. The molecule has 0 spiro atoms. The fourth-order valence-electron chi connectivity index (χ4n) is 0.947. The Balaban J connectivity index is 3.07. The lowest BCUT2D eigenvalue weighted by molar-refractivity contribution is -0.146. The van der Waals surface area contributed by atoms with Crippen molar-refractivity contribution in [3.8, 4) is 0 Å². The van der Waals surface area contributed by atoms with Gasteiger partial charge < -0.3 is 4.74 Å². The number of benzene rings is 1. The van der Waals surface area contributed by atoms with Crippen molar-refractivity contribution in [2.24, 2.45) is 0 Å². The second-order valence-electron chi connectivity index (χ2n) is 2.53. The number of ether oxygens (including phenoxy) is 1. The highest BCUT2D eigenvalue weighted by Gasteiger charge is 2.25. The number of halogens is 3. The lowest BCUT2D eigenvalue weighted by atomic mass is 10.1. The number of hydrogen-bond acceptors (Lipinski definition) is 2. The Morgan fingerprint density at radius 2 is 2.07 bits per heavy atom. The van der Waals surface area contributed by atoms with Crippen molar-refractivity contribution in [1.29, 1.82) is 0 Å². The van der Waals surface area contributed by atoms with Crippen molar-refractivity contribution >= 4 is 5.97 Å². The molecule has 0 N–H and O–H groups in total. The van der Waals surface area contributed by atoms with Crippen LogP contribution in [-0.4, -0.2) is 13.1 Å². The molecule has 76 valence electrons. The third kappa shape index (κ3) is 1.86. The number of hydrogen-bond donors (Lipinski definition) is 0. The van der Waals surface area contributed by atoms with Crippen LogP contribution in [0.5, 0.6) is 0 Å². The van der Waals surface area contributed by atoms with Crippen LogP contribution in [0.25, 0.3) is 0 Å². The summed E-state index contributed by atoms with van der Waals surface area (Å²) in [6, 6.07) is 2.94. The summed E-state index contributed by atoms with van der Waals surface area (Å²) in [6.07, 6.45) is -2.30. The molecule has 1 unspecified atom stereocenters. The fourth-order valence-corrected chi connectivity index (χ4v) is 0.947. The van der Waals surface area contributed by atoms with Crippen LogP contribution in [0.1, 0.15) is 11.7 Å². The first-order valence-electron chi connectivity index (χ1n) is 3.73. The minimum Gasteiger partial charge on any atom is -0.467 e. The van der Waals surface area contributed by atoms with E-state index < -0.39 is 29.3 Å². The van der Waals surface area contributed by atoms with Gasteiger partial charge in [-0.1, -0.05) is 12.1 Å². The summed E-state index contributed by atoms with van der Waals surface area (Å²) >= 11 is 0. The van der Waals surface area contributed by atoms with Gasteiger partial charge in [-0.25, -0.2) is 18.0 Å². The highest BCUT2D eigenvalue weighted by atomic mass is 19.2. The Kier molecular flexibility index (Phi) is 3.11. The lowest BCUT2D eigenvalue weighted by Gasteiger charge is -2.07. The van der Waals surface area contributed by atoms with E-state index in [9.17, 15) is 18.0 Å². The fraction of sp³-hybridized carbons (Fsp3) is 0.222. The van der Waals surface area contributed by atoms with Crippen LogP contribution >= 0.6 is 0 Å². The van der Waals surface area contributed by atoms with E-state index in [1.807, 2.05) is 0 Å². The predicted octanol–water partition coefficient (Wildman–Crippen LogP) is 2.15. The Hall–Kier alpha value is -1.52. The Labute approximate surface area is 78.3 Å². The van der Waals surface area contributed by atoms with Gasteiger partial charge in [-0.15, -0.1) is 0 Å². The molecule has 2 nitrogen and oxygen atoms in total. The van der Waals surface area contributed by atoms with Gasteiger partial charge in [0, 0.05) is 5.56 Å². The molecule has 0 amide bonds. The van der Waals surface area contributed by atoms with Crippen molar-refractivity contribution in [2.45, 2.75) is 6.17 Å². The molecule has 0 aliphatic heterocycles. The summed E-state index contributed by atoms with van der Waals surface area (Å²) in [7, 11) is 0.964. The Morgan fingerprint density at radius 3 is 2.64 bits per heavy atom. The molecule has 1 aromatic carbocycles. The van der Waals surface area contributed by atoms with Gasteiger partial charge in [0.05, 0.1) is 7.11 Å². The second kappa shape index (κ2) is 4.13. The van der Waals surface area contributed by atoms with E-state index in [4.69, 9.17) is 0 Å². The zero-order valence-electron chi connectivity index (χ0n) is 7.26. The van der Waals surface area contributed by atoms with Crippen LogP contribution in [0.3, 0.4) is 0 Å². The standard InChI is InChI=1S/C9H7F3O2/c1-14-9(13)8(12)5-3-2-4-6(10)7(5)11/h2-4,8H,1H3. The summed E-state index contributed by atoms with van der Waals surface area (Å²) < 4.78 is 42.7. The second-order valence-corrected chi connectivity index (χ2v) is 2.53. The summed E-state index contributed by atoms with van der Waals surface area (Å²) in [5.74, 6) is -3.83. The van der Waals surface area contributed by atoms with Gasteiger partial charge in [-0.2, -0.15) is 0 Å². The number of alkyl halides is 1.